The number of hydrogen-bond donors (Lipinski definition) is 2. The van der Waals surface area contributed by atoms with E-state index in [1.807, 2.05) is 6.07 Å². The van der Waals surface area contributed by atoms with Crippen LogP contribution in [0.3, 0.4) is 0 Å². The molecule has 0 spiro atoms. The number of anilines is 1. The van der Waals surface area contributed by atoms with E-state index in [0.29, 0.717) is 17.9 Å². The van der Waals surface area contributed by atoms with Crippen LogP contribution in [-0.4, -0.2) is 24.2 Å². The van der Waals surface area contributed by atoms with Crippen LogP contribution in [0, 0.1) is 0 Å². The van der Waals surface area contributed by atoms with Crippen LogP contribution in [-0.2, 0) is 11.2 Å². The predicted molar refractivity (Wildman–Crippen MR) is 70.4 cm³/mol. The maximum Gasteiger partial charge on any atom is 0.221 e. The van der Waals surface area contributed by atoms with Gasteiger partial charge in [0.25, 0.3) is 0 Å². The van der Waals surface area contributed by atoms with Crippen molar-refractivity contribution in [2.45, 2.75) is 26.4 Å². The van der Waals surface area contributed by atoms with E-state index in [1.54, 1.807) is 20.1 Å². The fourth-order valence-corrected chi connectivity index (χ4v) is 2.07. The first-order valence-electron chi connectivity index (χ1n) is 5.26. The van der Waals surface area contributed by atoms with Gasteiger partial charge >= 0.3 is 0 Å². The van der Waals surface area contributed by atoms with Gasteiger partial charge in [-0.3, -0.25) is 4.79 Å². The quantitative estimate of drug-likeness (QED) is 0.897. The maximum atomic E-state index is 11.2. The molecule has 0 saturated carbocycles. The normalized spacial score (nSPS) is 12.1. The molecular formula is C12H16BrNO3. The lowest BCUT2D eigenvalue weighted by molar-refractivity contribution is -0.114. The van der Waals surface area contributed by atoms with Crippen LogP contribution < -0.4 is 10.1 Å². The highest BCUT2D eigenvalue weighted by Crippen LogP contribution is 2.34. The molecule has 17 heavy (non-hydrogen) atoms. The molecule has 0 bridgehead atoms. The van der Waals surface area contributed by atoms with Gasteiger partial charge in [0.2, 0.25) is 5.91 Å². The van der Waals surface area contributed by atoms with Gasteiger partial charge in [0.15, 0.2) is 0 Å². The first kappa shape index (κ1) is 14.0. The maximum absolute atomic E-state index is 11.2. The van der Waals surface area contributed by atoms with Crippen LogP contribution in [0.15, 0.2) is 16.6 Å². The number of nitrogens with one attached hydrogen (secondary N) is 1. The van der Waals surface area contributed by atoms with E-state index in [1.165, 1.54) is 6.92 Å². The molecule has 0 aliphatic carbocycles. The third-order valence-electron chi connectivity index (χ3n) is 2.24. The summed E-state index contributed by atoms with van der Waals surface area (Å²) >= 11 is 3.41. The summed E-state index contributed by atoms with van der Waals surface area (Å²) in [7, 11) is 1.54. The molecule has 1 amide bonds. The highest BCUT2D eigenvalue weighted by molar-refractivity contribution is 9.10. The number of hydrogen-bond acceptors (Lipinski definition) is 3. The van der Waals surface area contributed by atoms with Crippen molar-refractivity contribution in [2.24, 2.45) is 0 Å². The summed E-state index contributed by atoms with van der Waals surface area (Å²) in [5.74, 6) is 0.410. The van der Waals surface area contributed by atoms with E-state index in [4.69, 9.17) is 4.74 Å². The van der Waals surface area contributed by atoms with Crippen LogP contribution in [0.4, 0.5) is 5.69 Å². The van der Waals surface area contributed by atoms with E-state index in [2.05, 4.69) is 21.2 Å². The molecule has 5 heteroatoms. The molecule has 0 aliphatic rings. The Labute approximate surface area is 109 Å². The summed E-state index contributed by atoms with van der Waals surface area (Å²) in [6.07, 6.45) is -0.0566. The fourth-order valence-electron chi connectivity index (χ4n) is 1.58. The van der Waals surface area contributed by atoms with Gasteiger partial charge < -0.3 is 15.2 Å². The summed E-state index contributed by atoms with van der Waals surface area (Å²) in [6, 6.07) is 3.60. The lowest BCUT2D eigenvalue weighted by Crippen LogP contribution is -2.13. The Balaban J connectivity index is 3.25. The van der Waals surface area contributed by atoms with E-state index >= 15 is 0 Å². The third kappa shape index (κ3) is 3.71. The van der Waals surface area contributed by atoms with E-state index in [-0.39, 0.29) is 5.91 Å². The van der Waals surface area contributed by atoms with Gasteiger partial charge in [-0.15, -0.1) is 0 Å². The second kappa shape index (κ2) is 6.02. The molecule has 0 heterocycles. The van der Waals surface area contributed by atoms with Crippen molar-refractivity contribution in [3.63, 3.8) is 0 Å². The zero-order valence-corrected chi connectivity index (χ0v) is 11.7. The Morgan fingerprint density at radius 2 is 2.24 bits per heavy atom. The summed E-state index contributed by atoms with van der Waals surface area (Å²) in [4.78, 5) is 11.2. The largest absolute Gasteiger partial charge is 0.495 e. The third-order valence-corrected chi connectivity index (χ3v) is 2.98. The van der Waals surface area contributed by atoms with Crippen molar-refractivity contribution >= 4 is 27.5 Å². The number of methoxy groups -OCH3 is 1. The minimum Gasteiger partial charge on any atom is -0.495 e. The number of benzene rings is 1. The lowest BCUT2D eigenvalue weighted by atomic mass is 10.1. The SMILES string of the molecule is COc1ccc(Br)c(CC(C)O)c1NC(C)=O. The number of aliphatic hydroxyl groups is 1. The highest BCUT2D eigenvalue weighted by atomic mass is 79.9. The standard InChI is InChI=1S/C12H16BrNO3/c1-7(15)6-9-10(13)4-5-11(17-3)12(9)14-8(2)16/h4-5,7,15H,6H2,1-3H3,(H,14,16). The van der Waals surface area contributed by atoms with Crippen molar-refractivity contribution < 1.29 is 14.6 Å². The Hall–Kier alpha value is -1.07. The number of rotatable bonds is 4. The molecule has 1 unspecified atom stereocenters. The molecule has 0 aromatic heterocycles. The minimum absolute atomic E-state index is 0.173. The molecule has 4 nitrogen and oxygen atoms in total. The van der Waals surface area contributed by atoms with Gasteiger partial charge in [-0.05, 0) is 24.6 Å². The number of halogens is 1. The minimum atomic E-state index is -0.495. The molecule has 1 aromatic rings. The van der Waals surface area contributed by atoms with Crippen molar-refractivity contribution in [1.82, 2.24) is 0 Å². The van der Waals surface area contributed by atoms with Crippen molar-refractivity contribution in [2.75, 3.05) is 12.4 Å². The lowest BCUT2D eigenvalue weighted by Gasteiger charge is -2.16. The zero-order chi connectivity index (χ0) is 13.0. The zero-order valence-electron chi connectivity index (χ0n) is 10.1. The molecular weight excluding hydrogens is 286 g/mol. The number of ether oxygens (including phenoxy) is 1. The van der Waals surface area contributed by atoms with E-state index < -0.39 is 6.10 Å². The molecule has 2 N–H and O–H groups in total. The average molecular weight is 302 g/mol. The second-order valence-electron chi connectivity index (χ2n) is 3.84. The molecule has 0 aliphatic heterocycles. The Kier molecular flexibility index (Phi) is 4.96. The number of amides is 1. The number of carbonyl (C=O) groups is 1. The molecule has 0 fully saturated rings. The summed E-state index contributed by atoms with van der Waals surface area (Å²) < 4.78 is 6.04. The van der Waals surface area contributed by atoms with E-state index in [9.17, 15) is 9.90 Å². The summed E-state index contributed by atoms with van der Waals surface area (Å²) in [5, 5.41) is 12.2. The molecule has 1 atom stereocenters. The number of aliphatic hydroxyl groups excluding tert-OH is 1. The molecule has 94 valence electrons. The van der Waals surface area contributed by atoms with Crippen molar-refractivity contribution in [1.29, 1.82) is 0 Å². The summed E-state index contributed by atoms with van der Waals surface area (Å²) in [6.45, 7) is 3.13. The van der Waals surface area contributed by atoms with Gasteiger partial charge in [-0.2, -0.15) is 0 Å². The molecule has 1 rings (SSSR count). The Bertz CT molecular complexity index is 418. The monoisotopic (exact) mass is 301 g/mol. The van der Waals surface area contributed by atoms with Crippen molar-refractivity contribution in [3.05, 3.63) is 22.2 Å². The Morgan fingerprint density at radius 1 is 1.59 bits per heavy atom. The van der Waals surface area contributed by atoms with Crippen LogP contribution in [0.25, 0.3) is 0 Å². The first-order valence-corrected chi connectivity index (χ1v) is 6.06. The van der Waals surface area contributed by atoms with Crippen LogP contribution in [0.1, 0.15) is 19.4 Å². The summed E-state index contributed by atoms with van der Waals surface area (Å²) in [5.41, 5.74) is 1.44. The molecule has 0 saturated heterocycles. The Morgan fingerprint density at radius 3 is 2.71 bits per heavy atom. The number of carbonyl (C=O) groups excluding carboxylic acids is 1. The molecule has 0 radical (unpaired) electrons. The van der Waals surface area contributed by atoms with Crippen LogP contribution >= 0.6 is 15.9 Å². The predicted octanol–water partition coefficient (Wildman–Crippen LogP) is 2.34. The van der Waals surface area contributed by atoms with Crippen LogP contribution in [0.5, 0.6) is 5.75 Å². The van der Waals surface area contributed by atoms with Gasteiger partial charge in [0.1, 0.15) is 5.75 Å². The first-order chi connectivity index (χ1) is 7.95. The molecule has 1 aromatic carbocycles. The van der Waals surface area contributed by atoms with E-state index in [0.717, 1.165) is 10.0 Å². The smallest absolute Gasteiger partial charge is 0.221 e. The fraction of sp³-hybridized carbons (Fsp3) is 0.417. The van der Waals surface area contributed by atoms with Gasteiger partial charge in [-0.25, -0.2) is 0 Å². The topological polar surface area (TPSA) is 58.6 Å². The van der Waals surface area contributed by atoms with Gasteiger partial charge in [0, 0.05) is 17.8 Å². The van der Waals surface area contributed by atoms with Crippen LogP contribution in [0.2, 0.25) is 0 Å². The van der Waals surface area contributed by atoms with Crippen molar-refractivity contribution in [3.8, 4) is 5.75 Å². The second-order valence-corrected chi connectivity index (χ2v) is 4.69. The average Bonchev–Trinajstić information content (AvgIpc) is 2.22. The van der Waals surface area contributed by atoms with Gasteiger partial charge in [0.05, 0.1) is 18.9 Å². The highest BCUT2D eigenvalue weighted by Gasteiger charge is 2.15. The van der Waals surface area contributed by atoms with Gasteiger partial charge in [-0.1, -0.05) is 15.9 Å².